The molecule has 0 atom stereocenters. The molecule has 0 saturated heterocycles. The molecule has 1 N–H and O–H groups in total. The predicted octanol–water partition coefficient (Wildman–Crippen LogP) is 4.06. The fraction of sp³-hybridized carbons (Fsp3) is 0.200. The maximum Gasteiger partial charge on any atom is 0.119 e. The van der Waals surface area contributed by atoms with E-state index in [9.17, 15) is 0 Å². The third kappa shape index (κ3) is 2.78. The minimum atomic E-state index is 0.886. The van der Waals surface area contributed by atoms with Crippen molar-refractivity contribution in [1.29, 1.82) is 0 Å². The zero-order valence-electron chi connectivity index (χ0n) is 10.4. The van der Waals surface area contributed by atoms with Crippen molar-refractivity contribution in [1.82, 2.24) is 0 Å². The number of ether oxygens (including phenoxy) is 1. The first-order valence-electron chi connectivity index (χ1n) is 5.67. The number of nitrogens with one attached hydrogen (secondary N) is 1. The Labute approximate surface area is 102 Å². The van der Waals surface area contributed by atoms with Gasteiger partial charge in [-0.1, -0.05) is 17.7 Å². The van der Waals surface area contributed by atoms with Crippen molar-refractivity contribution in [3.8, 4) is 5.75 Å². The molecular weight excluding hydrogens is 210 g/mol. The van der Waals surface area contributed by atoms with Crippen LogP contribution in [0, 0.1) is 13.8 Å². The lowest BCUT2D eigenvalue weighted by molar-refractivity contribution is 0.414. The molecule has 0 aromatic heterocycles. The van der Waals surface area contributed by atoms with Gasteiger partial charge in [0.25, 0.3) is 0 Å². The molecule has 0 spiro atoms. The average molecular weight is 227 g/mol. The smallest absolute Gasteiger partial charge is 0.119 e. The summed E-state index contributed by atoms with van der Waals surface area (Å²) in [5.74, 6) is 0.886. The van der Waals surface area contributed by atoms with Crippen LogP contribution < -0.4 is 10.1 Å². The Bertz CT molecular complexity index is 503. The van der Waals surface area contributed by atoms with E-state index in [0.29, 0.717) is 0 Å². The van der Waals surface area contributed by atoms with Gasteiger partial charge >= 0.3 is 0 Å². The third-order valence-electron chi connectivity index (χ3n) is 2.76. The van der Waals surface area contributed by atoms with Crippen LogP contribution in [0.2, 0.25) is 0 Å². The van der Waals surface area contributed by atoms with Crippen LogP contribution in [0.4, 0.5) is 11.4 Å². The normalized spacial score (nSPS) is 10.1. The Balaban J connectivity index is 2.21. The molecule has 0 amide bonds. The molecule has 0 bridgehead atoms. The molecule has 0 radical (unpaired) electrons. The van der Waals surface area contributed by atoms with Gasteiger partial charge in [-0.2, -0.15) is 0 Å². The van der Waals surface area contributed by atoms with Gasteiger partial charge in [0.05, 0.1) is 7.11 Å². The van der Waals surface area contributed by atoms with Crippen LogP contribution in [0.3, 0.4) is 0 Å². The molecular formula is C15H17NO. The van der Waals surface area contributed by atoms with Gasteiger partial charge in [0.1, 0.15) is 5.75 Å². The van der Waals surface area contributed by atoms with Gasteiger partial charge in [0.2, 0.25) is 0 Å². The highest BCUT2D eigenvalue weighted by Crippen LogP contribution is 2.24. The SMILES string of the molecule is COc1ccc(Nc2ccc(C)cc2)c(C)c1. The second-order valence-electron chi connectivity index (χ2n) is 4.17. The van der Waals surface area contributed by atoms with Crippen LogP contribution in [0.25, 0.3) is 0 Å². The van der Waals surface area contributed by atoms with Gasteiger partial charge in [-0.05, 0) is 49.7 Å². The van der Waals surface area contributed by atoms with Crippen LogP contribution in [-0.2, 0) is 0 Å². The molecule has 0 aliphatic rings. The van der Waals surface area contributed by atoms with E-state index < -0.39 is 0 Å². The first-order chi connectivity index (χ1) is 8.19. The first-order valence-corrected chi connectivity index (χ1v) is 5.67. The lowest BCUT2D eigenvalue weighted by atomic mass is 10.1. The summed E-state index contributed by atoms with van der Waals surface area (Å²) >= 11 is 0. The standard InChI is InChI=1S/C15H17NO/c1-11-4-6-13(7-5-11)16-15-9-8-14(17-3)10-12(15)2/h4-10,16H,1-3H3. The maximum atomic E-state index is 5.19. The maximum absolute atomic E-state index is 5.19. The zero-order valence-corrected chi connectivity index (χ0v) is 10.4. The molecule has 17 heavy (non-hydrogen) atoms. The summed E-state index contributed by atoms with van der Waals surface area (Å²) in [7, 11) is 1.68. The summed E-state index contributed by atoms with van der Waals surface area (Å²) in [5, 5.41) is 3.40. The Morgan fingerprint density at radius 2 is 1.65 bits per heavy atom. The summed E-state index contributed by atoms with van der Waals surface area (Å²) in [4.78, 5) is 0. The third-order valence-corrected chi connectivity index (χ3v) is 2.76. The van der Waals surface area contributed by atoms with Crippen molar-refractivity contribution < 1.29 is 4.74 Å². The van der Waals surface area contributed by atoms with Gasteiger partial charge in [-0.25, -0.2) is 0 Å². The Kier molecular flexibility index (Phi) is 3.33. The number of aryl methyl sites for hydroxylation is 2. The molecule has 0 heterocycles. The molecule has 2 aromatic carbocycles. The summed E-state index contributed by atoms with van der Waals surface area (Å²) in [6, 6.07) is 14.4. The summed E-state index contributed by atoms with van der Waals surface area (Å²) in [5.41, 5.74) is 4.64. The fourth-order valence-corrected chi connectivity index (χ4v) is 1.70. The Morgan fingerprint density at radius 3 is 2.24 bits per heavy atom. The number of benzene rings is 2. The molecule has 2 heteroatoms. The van der Waals surface area contributed by atoms with Crippen LogP contribution in [0.15, 0.2) is 42.5 Å². The van der Waals surface area contributed by atoms with Crippen molar-refractivity contribution in [2.75, 3.05) is 12.4 Å². The molecule has 0 aliphatic heterocycles. The van der Waals surface area contributed by atoms with Gasteiger partial charge < -0.3 is 10.1 Å². The van der Waals surface area contributed by atoms with E-state index in [0.717, 1.165) is 17.1 Å². The number of hydrogen-bond acceptors (Lipinski definition) is 2. The summed E-state index contributed by atoms with van der Waals surface area (Å²) in [6.07, 6.45) is 0. The minimum Gasteiger partial charge on any atom is -0.497 e. The van der Waals surface area contributed by atoms with E-state index in [1.54, 1.807) is 7.11 Å². The van der Waals surface area contributed by atoms with E-state index in [1.807, 2.05) is 18.2 Å². The highest BCUT2D eigenvalue weighted by molar-refractivity contribution is 5.64. The molecule has 0 fully saturated rings. The van der Waals surface area contributed by atoms with Crippen molar-refractivity contribution in [3.05, 3.63) is 53.6 Å². The topological polar surface area (TPSA) is 21.3 Å². The number of hydrogen-bond donors (Lipinski definition) is 1. The van der Waals surface area contributed by atoms with Crippen LogP contribution in [0.5, 0.6) is 5.75 Å². The van der Waals surface area contributed by atoms with Crippen molar-refractivity contribution in [2.24, 2.45) is 0 Å². The molecule has 0 aliphatic carbocycles. The van der Waals surface area contributed by atoms with E-state index in [2.05, 4.69) is 43.4 Å². The molecule has 0 saturated carbocycles. The van der Waals surface area contributed by atoms with Gasteiger partial charge in [-0.15, -0.1) is 0 Å². The first kappa shape index (κ1) is 11.5. The quantitative estimate of drug-likeness (QED) is 0.853. The van der Waals surface area contributed by atoms with Crippen molar-refractivity contribution in [3.63, 3.8) is 0 Å². The van der Waals surface area contributed by atoms with Crippen LogP contribution in [-0.4, -0.2) is 7.11 Å². The van der Waals surface area contributed by atoms with E-state index in [1.165, 1.54) is 11.1 Å². The fourth-order valence-electron chi connectivity index (χ4n) is 1.70. The summed E-state index contributed by atoms with van der Waals surface area (Å²) in [6.45, 7) is 4.15. The van der Waals surface area contributed by atoms with Gasteiger partial charge in [0, 0.05) is 11.4 Å². The lowest BCUT2D eigenvalue weighted by Gasteiger charge is -2.11. The van der Waals surface area contributed by atoms with E-state index >= 15 is 0 Å². The van der Waals surface area contributed by atoms with Crippen molar-refractivity contribution in [2.45, 2.75) is 13.8 Å². The monoisotopic (exact) mass is 227 g/mol. The number of anilines is 2. The zero-order chi connectivity index (χ0) is 12.3. The molecule has 0 unspecified atom stereocenters. The van der Waals surface area contributed by atoms with Crippen LogP contribution >= 0.6 is 0 Å². The van der Waals surface area contributed by atoms with Gasteiger partial charge in [-0.3, -0.25) is 0 Å². The number of methoxy groups -OCH3 is 1. The minimum absolute atomic E-state index is 0.886. The van der Waals surface area contributed by atoms with Gasteiger partial charge in [0.15, 0.2) is 0 Å². The summed E-state index contributed by atoms with van der Waals surface area (Å²) < 4.78 is 5.19. The van der Waals surface area contributed by atoms with Crippen LogP contribution in [0.1, 0.15) is 11.1 Å². The van der Waals surface area contributed by atoms with Crippen molar-refractivity contribution >= 4 is 11.4 Å². The molecule has 2 rings (SSSR count). The highest BCUT2D eigenvalue weighted by Gasteiger charge is 2.00. The highest BCUT2D eigenvalue weighted by atomic mass is 16.5. The molecule has 88 valence electrons. The largest absolute Gasteiger partial charge is 0.497 e. The Morgan fingerprint density at radius 1 is 0.941 bits per heavy atom. The predicted molar refractivity (Wildman–Crippen MR) is 72.2 cm³/mol. The Hall–Kier alpha value is -1.96. The van der Waals surface area contributed by atoms with E-state index in [4.69, 9.17) is 4.74 Å². The number of rotatable bonds is 3. The second kappa shape index (κ2) is 4.91. The second-order valence-corrected chi connectivity index (χ2v) is 4.17. The van der Waals surface area contributed by atoms with E-state index in [-0.39, 0.29) is 0 Å². The lowest BCUT2D eigenvalue weighted by Crippen LogP contribution is -1.94. The molecule has 2 nitrogen and oxygen atoms in total. The average Bonchev–Trinajstić information content (AvgIpc) is 2.34. The molecule has 2 aromatic rings.